The average molecular weight is 653 g/mol. The number of carboxylic acid groups (broad SMARTS) is 1. The van der Waals surface area contributed by atoms with Gasteiger partial charge in [-0.05, 0) is 164 Å². The van der Waals surface area contributed by atoms with E-state index < -0.39 is 5.97 Å². The quantitative estimate of drug-likeness (QED) is 0.288. The Hall–Kier alpha value is -1.91. The Morgan fingerprint density at radius 1 is 0.917 bits per heavy atom. The van der Waals surface area contributed by atoms with E-state index in [-0.39, 0.29) is 16.4 Å². The molecule has 4 heteroatoms. The third-order valence-electron chi connectivity index (χ3n) is 17.5. The summed E-state index contributed by atoms with van der Waals surface area (Å²) in [6.07, 6.45) is 18.8. The van der Waals surface area contributed by atoms with Crippen molar-refractivity contribution in [2.24, 2.45) is 57.2 Å². The third kappa shape index (κ3) is 4.62. The number of nitrogens with zero attached hydrogens (tertiary/aromatic N) is 1. The molecule has 1 aromatic carbocycles. The van der Waals surface area contributed by atoms with Gasteiger partial charge in [-0.15, -0.1) is 0 Å². The lowest BCUT2D eigenvalue weighted by atomic mass is 9.33. The average Bonchev–Trinajstić information content (AvgIpc) is 3.76. The Kier molecular flexibility index (Phi) is 7.82. The molecule has 7 aliphatic rings. The summed E-state index contributed by atoms with van der Waals surface area (Å²) in [6, 6.07) is 8.55. The number of allylic oxidation sites excluding steroid dienone is 3. The molecule has 0 unspecified atom stereocenters. The van der Waals surface area contributed by atoms with Gasteiger partial charge in [0.05, 0.1) is 5.56 Å². The largest absolute Gasteiger partial charge is 0.478 e. The number of hydrogen-bond donors (Lipinski definition) is 2. The molecule has 4 nitrogen and oxygen atoms in total. The maximum absolute atomic E-state index is 11.6. The molecule has 0 amide bonds. The lowest BCUT2D eigenvalue weighted by Gasteiger charge is -2.72. The zero-order valence-electron chi connectivity index (χ0n) is 31.0. The number of likely N-dealkylation sites (tertiary alicyclic amines) is 1. The van der Waals surface area contributed by atoms with Crippen molar-refractivity contribution < 1.29 is 9.90 Å². The number of piperidine rings is 1. The third-order valence-corrected chi connectivity index (χ3v) is 17.5. The number of aromatic carboxylic acids is 1. The zero-order valence-corrected chi connectivity index (χ0v) is 31.0. The standard InChI is InChI=1S/C44H64N2O2/c1-28(2)33-16-21-44(45-24-25-46-27-29-8-13-32(46)26-29)23-22-42(6)35(38(33)44)14-15-37-41(5)19-17-34(30-9-11-31(12-10-30)39(47)48)40(3,4)36(41)18-20-43(37,42)7/h9-12,17,29,32-33,35-38,45H,1,8,13-16,18-27H2,2-7H3,(H,47,48)/t29-,32+,33+,35-,36+,37-,38-,41+,42-,43-,44+/m1/s1. The van der Waals surface area contributed by atoms with Crippen molar-refractivity contribution in [2.45, 2.75) is 130 Å². The maximum Gasteiger partial charge on any atom is 0.335 e. The molecular formula is C44H64N2O2. The first kappa shape index (κ1) is 33.2. The summed E-state index contributed by atoms with van der Waals surface area (Å²) < 4.78 is 0. The van der Waals surface area contributed by atoms with Crippen LogP contribution < -0.4 is 5.32 Å². The van der Waals surface area contributed by atoms with E-state index in [1.54, 1.807) is 12.1 Å². The molecule has 8 rings (SSSR count). The molecule has 1 aromatic rings. The van der Waals surface area contributed by atoms with E-state index in [1.165, 1.54) is 100 Å². The fraction of sp³-hybridized carbons (Fsp3) is 0.750. The summed E-state index contributed by atoms with van der Waals surface area (Å²) in [5, 5.41) is 13.9. The van der Waals surface area contributed by atoms with E-state index in [0.29, 0.717) is 28.2 Å². The highest BCUT2D eigenvalue weighted by Gasteiger charge is 2.70. The van der Waals surface area contributed by atoms with Crippen LogP contribution in [0, 0.1) is 57.2 Å². The van der Waals surface area contributed by atoms with Gasteiger partial charge in [-0.1, -0.05) is 65.0 Å². The summed E-state index contributed by atoms with van der Waals surface area (Å²) in [5.41, 5.74) is 5.76. The van der Waals surface area contributed by atoms with Crippen LogP contribution in [0.15, 0.2) is 42.5 Å². The lowest BCUT2D eigenvalue weighted by molar-refractivity contribution is -0.219. The molecule has 11 atom stereocenters. The Bertz CT molecular complexity index is 1490. The Morgan fingerprint density at radius 2 is 1.69 bits per heavy atom. The van der Waals surface area contributed by atoms with Crippen LogP contribution in [0.1, 0.15) is 135 Å². The topological polar surface area (TPSA) is 52.6 Å². The number of hydrogen-bond acceptors (Lipinski definition) is 3. The Morgan fingerprint density at radius 3 is 2.35 bits per heavy atom. The summed E-state index contributed by atoms with van der Waals surface area (Å²) >= 11 is 0. The van der Waals surface area contributed by atoms with E-state index in [2.05, 4.69) is 76.5 Å². The second kappa shape index (κ2) is 11.3. The molecular weight excluding hydrogens is 588 g/mol. The van der Waals surface area contributed by atoms with Crippen LogP contribution in [-0.2, 0) is 0 Å². The van der Waals surface area contributed by atoms with Crippen molar-refractivity contribution in [3.8, 4) is 0 Å². The van der Waals surface area contributed by atoms with E-state index in [4.69, 9.17) is 0 Å². The second-order valence-corrected chi connectivity index (χ2v) is 19.5. The van der Waals surface area contributed by atoms with Crippen LogP contribution in [0.3, 0.4) is 0 Å². The van der Waals surface area contributed by atoms with Gasteiger partial charge in [0, 0.05) is 31.2 Å². The van der Waals surface area contributed by atoms with Crippen molar-refractivity contribution in [3.63, 3.8) is 0 Å². The molecule has 0 radical (unpaired) electrons. The normalized spacial score (nSPS) is 45.9. The van der Waals surface area contributed by atoms with Gasteiger partial charge in [-0.2, -0.15) is 0 Å². The molecule has 5 saturated carbocycles. The molecule has 2 N–H and O–H groups in total. The van der Waals surface area contributed by atoms with Crippen LogP contribution in [0.25, 0.3) is 5.57 Å². The number of benzene rings is 1. The molecule has 0 aromatic heterocycles. The van der Waals surface area contributed by atoms with Gasteiger partial charge in [0.2, 0.25) is 0 Å². The fourth-order valence-corrected chi connectivity index (χ4v) is 15.1. The zero-order chi connectivity index (χ0) is 33.9. The molecule has 2 bridgehead atoms. The van der Waals surface area contributed by atoms with Crippen LogP contribution in [0.4, 0.5) is 0 Å². The van der Waals surface area contributed by atoms with Crippen molar-refractivity contribution in [1.29, 1.82) is 0 Å². The van der Waals surface area contributed by atoms with E-state index in [0.717, 1.165) is 42.7 Å². The summed E-state index contributed by atoms with van der Waals surface area (Å²) in [7, 11) is 0. The van der Waals surface area contributed by atoms with Gasteiger partial charge in [-0.3, -0.25) is 4.90 Å². The minimum absolute atomic E-state index is 0.0494. The summed E-state index contributed by atoms with van der Waals surface area (Å²) in [4.78, 5) is 14.4. The predicted octanol–water partition coefficient (Wildman–Crippen LogP) is 9.86. The van der Waals surface area contributed by atoms with Gasteiger partial charge in [0.15, 0.2) is 0 Å². The van der Waals surface area contributed by atoms with Crippen LogP contribution in [0.2, 0.25) is 0 Å². The number of fused-ring (bicyclic) bond motifs is 9. The molecule has 6 fully saturated rings. The highest BCUT2D eigenvalue weighted by molar-refractivity contribution is 5.88. The molecule has 6 aliphatic carbocycles. The predicted molar refractivity (Wildman–Crippen MR) is 197 cm³/mol. The first-order valence-electron chi connectivity index (χ1n) is 19.9. The van der Waals surface area contributed by atoms with Crippen molar-refractivity contribution >= 4 is 11.5 Å². The SMILES string of the molecule is C=C(C)[C@@H]1CC[C@]2(NCCN3C[C@@H]4CC[C@H]3C4)CC[C@]3(C)[C@H](CC[C@@H]4[C@@]5(C)CC=C(c6ccc(C(=O)O)cc6)C(C)(C)[C@@H]5CC[C@]43C)[C@@H]12. The number of rotatable bonds is 7. The first-order chi connectivity index (χ1) is 22.7. The van der Waals surface area contributed by atoms with Crippen LogP contribution >= 0.6 is 0 Å². The van der Waals surface area contributed by atoms with Crippen molar-refractivity contribution in [3.05, 3.63) is 53.6 Å². The second-order valence-electron chi connectivity index (χ2n) is 19.5. The van der Waals surface area contributed by atoms with Gasteiger partial charge in [0.1, 0.15) is 0 Å². The van der Waals surface area contributed by atoms with Gasteiger partial charge in [-0.25, -0.2) is 4.79 Å². The fourth-order valence-electron chi connectivity index (χ4n) is 15.1. The number of carbonyl (C=O) groups is 1. The van der Waals surface area contributed by atoms with Gasteiger partial charge in [0.25, 0.3) is 0 Å². The summed E-state index contributed by atoms with van der Waals surface area (Å²) in [6.45, 7) is 23.9. The minimum Gasteiger partial charge on any atom is -0.478 e. The number of carboxylic acids is 1. The van der Waals surface area contributed by atoms with Crippen LogP contribution in [0.5, 0.6) is 0 Å². The molecule has 48 heavy (non-hydrogen) atoms. The van der Waals surface area contributed by atoms with Crippen molar-refractivity contribution in [1.82, 2.24) is 10.2 Å². The molecule has 1 heterocycles. The van der Waals surface area contributed by atoms with E-state index in [9.17, 15) is 9.90 Å². The Balaban J connectivity index is 1.07. The molecule has 1 saturated heterocycles. The highest BCUT2D eigenvalue weighted by Crippen LogP contribution is 2.76. The van der Waals surface area contributed by atoms with Crippen LogP contribution in [-0.4, -0.2) is 47.2 Å². The molecule has 0 spiro atoms. The lowest BCUT2D eigenvalue weighted by Crippen LogP contribution is -2.68. The smallest absolute Gasteiger partial charge is 0.335 e. The Labute approximate surface area is 291 Å². The van der Waals surface area contributed by atoms with Gasteiger partial charge >= 0.3 is 5.97 Å². The van der Waals surface area contributed by atoms with Crippen molar-refractivity contribution in [2.75, 3.05) is 19.6 Å². The maximum atomic E-state index is 11.6. The van der Waals surface area contributed by atoms with E-state index in [1.807, 2.05) is 0 Å². The first-order valence-corrected chi connectivity index (χ1v) is 19.9. The minimum atomic E-state index is -0.849. The molecule has 1 aliphatic heterocycles. The number of nitrogens with one attached hydrogen (secondary N) is 1. The van der Waals surface area contributed by atoms with E-state index >= 15 is 0 Å². The summed E-state index contributed by atoms with van der Waals surface area (Å²) in [5.74, 6) is 3.62. The van der Waals surface area contributed by atoms with Gasteiger partial charge < -0.3 is 10.4 Å². The highest BCUT2D eigenvalue weighted by atomic mass is 16.4. The molecule has 262 valence electrons. The monoisotopic (exact) mass is 652 g/mol.